The summed E-state index contributed by atoms with van der Waals surface area (Å²) in [6.07, 6.45) is -4.16. The Morgan fingerprint density at radius 1 is 1.00 bits per heavy atom. The molecule has 1 amide bonds. The summed E-state index contributed by atoms with van der Waals surface area (Å²) < 4.78 is 55.4. The van der Waals surface area contributed by atoms with Crippen molar-refractivity contribution in [1.29, 1.82) is 0 Å². The Hall–Kier alpha value is -3.07. The molecule has 0 aliphatic carbocycles. The lowest BCUT2D eigenvalue weighted by molar-refractivity contribution is -0.206. The van der Waals surface area contributed by atoms with Crippen molar-refractivity contribution in [2.75, 3.05) is 46.0 Å². The highest BCUT2D eigenvalue weighted by atomic mass is 35.5. The van der Waals surface area contributed by atoms with Gasteiger partial charge < -0.3 is 14.4 Å². The van der Waals surface area contributed by atoms with E-state index in [2.05, 4.69) is 0 Å². The van der Waals surface area contributed by atoms with E-state index in [1.807, 2.05) is 49.4 Å². The predicted molar refractivity (Wildman–Crippen MR) is 154 cm³/mol. The Bertz CT molecular complexity index is 1240. The fraction of sp³-hybridized carbons (Fsp3) is 0.406. The van der Waals surface area contributed by atoms with E-state index < -0.39 is 11.2 Å². The Morgan fingerprint density at radius 2 is 1.66 bits per heavy atom. The molecule has 3 aromatic rings. The second-order valence-corrected chi connectivity index (χ2v) is 10.8. The number of carbonyl (C=O) groups excluding carboxylic acids is 1. The molecule has 0 bridgehead atoms. The summed E-state index contributed by atoms with van der Waals surface area (Å²) in [5.41, 5.74) is 1.73. The molecule has 2 atom stereocenters. The molecule has 4 rings (SSSR count). The first-order valence-electron chi connectivity index (χ1n) is 13.9. The van der Waals surface area contributed by atoms with Crippen molar-refractivity contribution < 1.29 is 27.4 Å². The van der Waals surface area contributed by atoms with E-state index in [1.54, 1.807) is 35.2 Å². The number of alkyl halides is 4. The number of carbonyl (C=O) groups is 1. The van der Waals surface area contributed by atoms with Crippen LogP contribution in [0.3, 0.4) is 0 Å². The van der Waals surface area contributed by atoms with Crippen molar-refractivity contribution in [3.05, 3.63) is 102 Å². The lowest BCUT2D eigenvalue weighted by atomic mass is 9.97. The fourth-order valence-corrected chi connectivity index (χ4v) is 5.34. The highest BCUT2D eigenvalue weighted by Gasteiger charge is 2.58. The number of nitrogens with zero attached hydrogens (tertiary/aromatic N) is 2. The van der Waals surface area contributed by atoms with Crippen LogP contribution >= 0.6 is 11.6 Å². The van der Waals surface area contributed by atoms with Crippen molar-refractivity contribution in [3.63, 3.8) is 0 Å². The molecule has 1 saturated heterocycles. The molecule has 0 N–H and O–H groups in total. The van der Waals surface area contributed by atoms with Gasteiger partial charge in [-0.05, 0) is 41.2 Å². The van der Waals surface area contributed by atoms with Crippen LogP contribution in [0.5, 0.6) is 5.75 Å². The van der Waals surface area contributed by atoms with Crippen LogP contribution in [0.25, 0.3) is 0 Å². The summed E-state index contributed by atoms with van der Waals surface area (Å²) in [6.45, 7) is 4.49. The third kappa shape index (κ3) is 8.03. The molecule has 0 aromatic heterocycles. The number of hydrogen-bond donors (Lipinski definition) is 0. The van der Waals surface area contributed by atoms with Crippen LogP contribution < -0.4 is 4.74 Å². The molecular weight excluding hydrogens is 553 g/mol. The van der Waals surface area contributed by atoms with Gasteiger partial charge in [0.25, 0.3) is 0 Å². The summed E-state index contributed by atoms with van der Waals surface area (Å²) in [5.74, 6) is 0.402. The van der Waals surface area contributed by atoms with E-state index in [-0.39, 0.29) is 43.5 Å². The van der Waals surface area contributed by atoms with Crippen LogP contribution in [0.1, 0.15) is 36.0 Å². The maximum Gasteiger partial charge on any atom is 0.425 e. The van der Waals surface area contributed by atoms with Crippen LogP contribution in [-0.2, 0) is 21.0 Å². The van der Waals surface area contributed by atoms with Crippen molar-refractivity contribution in [1.82, 2.24) is 9.80 Å². The molecule has 9 heteroatoms. The molecule has 0 radical (unpaired) electrons. The molecule has 220 valence electrons. The van der Waals surface area contributed by atoms with Crippen molar-refractivity contribution in [2.45, 2.75) is 36.9 Å². The zero-order valence-electron chi connectivity index (χ0n) is 23.2. The number of rotatable bonds is 12. The number of amides is 1. The Balaban J connectivity index is 1.44. The average molecular weight is 589 g/mol. The van der Waals surface area contributed by atoms with Crippen molar-refractivity contribution >= 4 is 17.5 Å². The predicted octanol–water partition coefficient (Wildman–Crippen LogP) is 6.62. The third-order valence-corrected chi connectivity index (χ3v) is 7.96. The monoisotopic (exact) mass is 588 g/mol. The van der Waals surface area contributed by atoms with Crippen LogP contribution in [0.15, 0.2) is 84.9 Å². The van der Waals surface area contributed by atoms with E-state index in [0.717, 1.165) is 11.1 Å². The summed E-state index contributed by atoms with van der Waals surface area (Å²) in [5, 5.41) is 0. The molecule has 1 aliphatic rings. The lowest BCUT2D eigenvalue weighted by Gasteiger charge is -2.42. The standard InChI is InChI=1S/C32H36ClF3N2O3/c1-25(27-11-4-2-5-12-27)24-38(31(33,32(34,35)36)28-13-6-3-7-14-28)16-9-19-41-29-15-8-10-26(22-29)23-30(39)37-17-20-40-21-18-37/h2-8,10-15,22,25H,9,16-21,23-24H2,1H3. The quantitative estimate of drug-likeness (QED) is 0.136. The second kappa shape index (κ2) is 14.2. The van der Waals surface area contributed by atoms with Gasteiger partial charge in [-0.25, -0.2) is 0 Å². The maximum atomic E-state index is 14.7. The number of benzene rings is 3. The summed E-state index contributed by atoms with van der Waals surface area (Å²) in [7, 11) is 0. The fourth-order valence-electron chi connectivity index (χ4n) is 5.06. The minimum absolute atomic E-state index is 0.0204. The van der Waals surface area contributed by atoms with E-state index in [0.29, 0.717) is 38.5 Å². The average Bonchev–Trinajstić information content (AvgIpc) is 2.99. The van der Waals surface area contributed by atoms with Crippen LogP contribution in [0.2, 0.25) is 0 Å². The van der Waals surface area contributed by atoms with Gasteiger partial charge in [-0.15, -0.1) is 0 Å². The van der Waals surface area contributed by atoms with Crippen LogP contribution in [0.4, 0.5) is 13.2 Å². The Morgan fingerprint density at radius 3 is 2.32 bits per heavy atom. The number of morpholine rings is 1. The molecule has 2 unspecified atom stereocenters. The Kier molecular flexibility index (Phi) is 10.7. The number of hydrogen-bond acceptors (Lipinski definition) is 4. The molecule has 3 aromatic carbocycles. The number of halogens is 4. The second-order valence-electron chi connectivity index (χ2n) is 10.3. The van der Waals surface area contributed by atoms with Gasteiger partial charge in [-0.2, -0.15) is 13.2 Å². The maximum absolute atomic E-state index is 14.7. The highest BCUT2D eigenvalue weighted by Crippen LogP contribution is 2.48. The zero-order valence-corrected chi connectivity index (χ0v) is 23.9. The summed E-state index contributed by atoms with van der Waals surface area (Å²) >= 11 is 6.58. The first kappa shape index (κ1) is 30.9. The van der Waals surface area contributed by atoms with E-state index >= 15 is 0 Å². The van der Waals surface area contributed by atoms with Crippen molar-refractivity contribution in [3.8, 4) is 5.75 Å². The first-order valence-corrected chi connectivity index (χ1v) is 14.2. The number of ether oxygens (including phenoxy) is 2. The third-order valence-electron chi connectivity index (χ3n) is 7.29. The molecule has 0 spiro atoms. The van der Waals surface area contributed by atoms with Gasteiger partial charge >= 0.3 is 6.18 Å². The SMILES string of the molecule is CC(CN(CCCOc1cccc(CC(=O)N2CCOCC2)c1)C(Cl)(c1ccccc1)C(F)(F)F)c1ccccc1. The Labute approximate surface area is 244 Å². The minimum atomic E-state index is -4.73. The zero-order chi connectivity index (χ0) is 29.3. The molecular formula is C32H36ClF3N2O3. The summed E-state index contributed by atoms with van der Waals surface area (Å²) in [6, 6.07) is 24.4. The smallest absolute Gasteiger partial charge is 0.425 e. The topological polar surface area (TPSA) is 42.0 Å². The first-order chi connectivity index (χ1) is 19.7. The molecule has 1 fully saturated rings. The van der Waals surface area contributed by atoms with Gasteiger partial charge in [0.2, 0.25) is 10.9 Å². The summed E-state index contributed by atoms with van der Waals surface area (Å²) in [4.78, 5) is 13.0. The lowest BCUT2D eigenvalue weighted by Crippen LogP contribution is -2.53. The van der Waals surface area contributed by atoms with Gasteiger partial charge in [0.05, 0.1) is 26.2 Å². The van der Waals surface area contributed by atoms with Gasteiger partial charge in [0.1, 0.15) is 5.75 Å². The molecule has 1 heterocycles. The van der Waals surface area contributed by atoms with Crippen LogP contribution in [-0.4, -0.2) is 67.9 Å². The van der Waals surface area contributed by atoms with Gasteiger partial charge in [-0.3, -0.25) is 9.69 Å². The van der Waals surface area contributed by atoms with Crippen molar-refractivity contribution in [2.24, 2.45) is 0 Å². The highest BCUT2D eigenvalue weighted by molar-refractivity contribution is 6.24. The van der Waals surface area contributed by atoms with E-state index in [4.69, 9.17) is 21.1 Å². The van der Waals surface area contributed by atoms with Gasteiger partial charge in [-0.1, -0.05) is 91.3 Å². The minimum Gasteiger partial charge on any atom is -0.494 e. The largest absolute Gasteiger partial charge is 0.494 e. The molecule has 41 heavy (non-hydrogen) atoms. The van der Waals surface area contributed by atoms with E-state index in [1.165, 1.54) is 17.0 Å². The molecule has 0 saturated carbocycles. The van der Waals surface area contributed by atoms with Crippen LogP contribution in [0, 0.1) is 0 Å². The van der Waals surface area contributed by atoms with Gasteiger partial charge in [0, 0.05) is 26.2 Å². The van der Waals surface area contributed by atoms with Gasteiger partial charge in [0.15, 0.2) is 0 Å². The molecule has 5 nitrogen and oxygen atoms in total. The molecule has 1 aliphatic heterocycles. The normalized spacial score (nSPS) is 16.3. The van der Waals surface area contributed by atoms with E-state index in [9.17, 15) is 18.0 Å².